The first-order valence-electron chi connectivity index (χ1n) is 6.13. The van der Waals surface area contributed by atoms with Gasteiger partial charge in [-0.1, -0.05) is 41.9 Å². The highest BCUT2D eigenvalue weighted by atomic mass is 35.5. The predicted molar refractivity (Wildman–Crippen MR) is 80.5 cm³/mol. The lowest BCUT2D eigenvalue weighted by atomic mass is 10.1. The summed E-state index contributed by atoms with van der Waals surface area (Å²) in [5.74, 6) is -0.609. The van der Waals surface area contributed by atoms with Gasteiger partial charge in [0.05, 0.1) is 0 Å². The minimum absolute atomic E-state index is 0.121. The molecule has 0 radical (unpaired) electrons. The predicted octanol–water partition coefficient (Wildman–Crippen LogP) is 2.72. The van der Waals surface area contributed by atoms with Crippen LogP contribution in [0.1, 0.15) is 27.6 Å². The molecule has 2 rings (SSSR count). The molecule has 2 aromatic carbocycles. The van der Waals surface area contributed by atoms with Crippen LogP contribution < -0.4 is 0 Å². The number of benzene rings is 2. The number of carbonyl (C=O) groups excluding carboxylic acids is 2. The second-order valence-corrected chi connectivity index (χ2v) is 4.60. The molecule has 4 nitrogen and oxygen atoms in total. The zero-order valence-electron chi connectivity index (χ0n) is 11.4. The number of carbonyl (C=O) groups is 2. The van der Waals surface area contributed by atoms with Gasteiger partial charge in [-0.25, -0.2) is 0 Å². The van der Waals surface area contributed by atoms with E-state index in [0.717, 1.165) is 5.56 Å². The number of rotatable bonds is 3. The standard InChI is InChI=1S/C8H7ClO3.C8H8O/c9-6-3-1-5(2-4-6)7(10)8(11)12;1-7(9)8-5-3-2-4-6-8/h1-4,8,11-12H;2-6H,1H3. The fourth-order valence-electron chi connectivity index (χ4n) is 1.44. The fraction of sp³-hybridized carbons (Fsp3) is 0.125. The van der Waals surface area contributed by atoms with Crippen molar-refractivity contribution in [2.24, 2.45) is 0 Å². The van der Waals surface area contributed by atoms with E-state index in [-0.39, 0.29) is 11.3 Å². The topological polar surface area (TPSA) is 74.6 Å². The van der Waals surface area contributed by atoms with E-state index >= 15 is 0 Å². The van der Waals surface area contributed by atoms with Gasteiger partial charge in [-0.2, -0.15) is 0 Å². The van der Waals surface area contributed by atoms with Crippen molar-refractivity contribution in [3.05, 3.63) is 70.7 Å². The molecule has 0 aliphatic heterocycles. The minimum atomic E-state index is -1.95. The van der Waals surface area contributed by atoms with Gasteiger partial charge in [0.1, 0.15) is 0 Å². The molecule has 0 spiro atoms. The Bertz CT molecular complexity index is 591. The lowest BCUT2D eigenvalue weighted by Crippen LogP contribution is -2.18. The number of aliphatic hydroxyl groups is 2. The highest BCUT2D eigenvalue weighted by molar-refractivity contribution is 6.30. The molecule has 21 heavy (non-hydrogen) atoms. The van der Waals surface area contributed by atoms with Crippen LogP contribution in [0.4, 0.5) is 0 Å². The van der Waals surface area contributed by atoms with Crippen molar-refractivity contribution in [1.29, 1.82) is 0 Å². The molecule has 5 heteroatoms. The Balaban J connectivity index is 0.000000219. The van der Waals surface area contributed by atoms with Crippen LogP contribution in [0, 0.1) is 0 Å². The van der Waals surface area contributed by atoms with Crippen molar-refractivity contribution in [2.75, 3.05) is 0 Å². The Labute approximate surface area is 127 Å². The van der Waals surface area contributed by atoms with Crippen molar-refractivity contribution in [3.63, 3.8) is 0 Å². The van der Waals surface area contributed by atoms with E-state index in [1.807, 2.05) is 30.3 Å². The number of halogens is 1. The quantitative estimate of drug-likeness (QED) is 0.675. The van der Waals surface area contributed by atoms with E-state index in [4.69, 9.17) is 21.8 Å². The summed E-state index contributed by atoms with van der Waals surface area (Å²) < 4.78 is 0. The molecule has 2 aromatic rings. The van der Waals surface area contributed by atoms with Crippen LogP contribution in [0.15, 0.2) is 54.6 Å². The molecule has 0 amide bonds. The minimum Gasteiger partial charge on any atom is -0.362 e. The molecular weight excluding hydrogens is 292 g/mol. The van der Waals surface area contributed by atoms with E-state index in [1.54, 1.807) is 6.92 Å². The van der Waals surface area contributed by atoms with Gasteiger partial charge in [0, 0.05) is 16.1 Å². The third-order valence-electron chi connectivity index (χ3n) is 2.54. The maximum Gasteiger partial charge on any atom is 0.218 e. The first kappa shape index (κ1) is 17.0. The molecule has 0 aliphatic carbocycles. The number of Topliss-reactive ketones (excluding diaryl/α,β-unsaturated/α-hetero) is 2. The molecule has 0 fully saturated rings. The van der Waals surface area contributed by atoms with E-state index in [2.05, 4.69) is 0 Å². The summed E-state index contributed by atoms with van der Waals surface area (Å²) in [4.78, 5) is 21.6. The second kappa shape index (κ2) is 8.32. The summed E-state index contributed by atoms with van der Waals surface area (Å²) in [7, 11) is 0. The highest BCUT2D eigenvalue weighted by Gasteiger charge is 2.12. The monoisotopic (exact) mass is 306 g/mol. The van der Waals surface area contributed by atoms with Gasteiger partial charge in [0.2, 0.25) is 12.1 Å². The SMILES string of the molecule is CC(=O)c1ccccc1.O=C(c1ccc(Cl)cc1)C(O)O. The maximum atomic E-state index is 10.9. The Morgan fingerprint density at radius 3 is 1.81 bits per heavy atom. The van der Waals surface area contributed by atoms with Crippen molar-refractivity contribution < 1.29 is 19.8 Å². The molecular formula is C16H15ClO4. The van der Waals surface area contributed by atoms with Crippen molar-refractivity contribution in [3.8, 4) is 0 Å². The molecule has 0 aliphatic rings. The van der Waals surface area contributed by atoms with Gasteiger partial charge in [-0.05, 0) is 31.2 Å². The third kappa shape index (κ3) is 5.87. The molecule has 0 unspecified atom stereocenters. The Morgan fingerprint density at radius 2 is 1.43 bits per heavy atom. The fourth-order valence-corrected chi connectivity index (χ4v) is 1.56. The first-order chi connectivity index (χ1) is 9.91. The number of hydrogen-bond donors (Lipinski definition) is 2. The zero-order valence-corrected chi connectivity index (χ0v) is 12.1. The summed E-state index contributed by atoms with van der Waals surface area (Å²) in [6.07, 6.45) is -1.95. The van der Waals surface area contributed by atoms with Crippen molar-refractivity contribution >= 4 is 23.2 Å². The van der Waals surface area contributed by atoms with Gasteiger partial charge in [-0.3, -0.25) is 9.59 Å². The second-order valence-electron chi connectivity index (χ2n) is 4.17. The van der Waals surface area contributed by atoms with E-state index < -0.39 is 12.1 Å². The van der Waals surface area contributed by atoms with Gasteiger partial charge >= 0.3 is 0 Å². The number of ketones is 2. The molecule has 0 saturated carbocycles. The number of aliphatic hydroxyl groups excluding tert-OH is 1. The molecule has 0 aromatic heterocycles. The zero-order chi connectivity index (χ0) is 15.8. The molecule has 0 heterocycles. The summed E-state index contributed by atoms with van der Waals surface area (Å²) in [5, 5.41) is 17.5. The summed E-state index contributed by atoms with van der Waals surface area (Å²) in [5.41, 5.74) is 1.01. The molecule has 2 N–H and O–H groups in total. The molecule has 0 bridgehead atoms. The van der Waals surface area contributed by atoms with Crippen LogP contribution in [0.3, 0.4) is 0 Å². The summed E-state index contributed by atoms with van der Waals surface area (Å²) in [6.45, 7) is 1.56. The van der Waals surface area contributed by atoms with Crippen LogP contribution in [0.2, 0.25) is 5.02 Å². The van der Waals surface area contributed by atoms with Crippen LogP contribution in [-0.4, -0.2) is 28.1 Å². The Kier molecular flexibility index (Phi) is 6.75. The molecule has 0 atom stereocenters. The van der Waals surface area contributed by atoms with Crippen LogP contribution in [0.5, 0.6) is 0 Å². The van der Waals surface area contributed by atoms with Gasteiger partial charge < -0.3 is 10.2 Å². The van der Waals surface area contributed by atoms with Gasteiger partial charge in [0.25, 0.3) is 0 Å². The summed E-state index contributed by atoms with van der Waals surface area (Å²) >= 11 is 5.56. The van der Waals surface area contributed by atoms with E-state index in [0.29, 0.717) is 5.02 Å². The average molecular weight is 307 g/mol. The lowest BCUT2D eigenvalue weighted by Gasteiger charge is -2.01. The van der Waals surface area contributed by atoms with Crippen LogP contribution in [-0.2, 0) is 0 Å². The van der Waals surface area contributed by atoms with Crippen LogP contribution in [0.25, 0.3) is 0 Å². The molecule has 110 valence electrons. The Morgan fingerprint density at radius 1 is 0.905 bits per heavy atom. The molecule has 0 saturated heterocycles. The van der Waals surface area contributed by atoms with Gasteiger partial charge in [0.15, 0.2) is 5.78 Å². The van der Waals surface area contributed by atoms with E-state index in [9.17, 15) is 9.59 Å². The summed E-state index contributed by atoms with van der Waals surface area (Å²) in [6, 6.07) is 15.1. The van der Waals surface area contributed by atoms with E-state index in [1.165, 1.54) is 24.3 Å². The normalized spacial score (nSPS) is 9.76. The average Bonchev–Trinajstić information content (AvgIpc) is 2.49. The Hall–Kier alpha value is -2.01. The van der Waals surface area contributed by atoms with Crippen LogP contribution >= 0.6 is 11.6 Å². The highest BCUT2D eigenvalue weighted by Crippen LogP contribution is 2.10. The van der Waals surface area contributed by atoms with Crippen molar-refractivity contribution in [1.82, 2.24) is 0 Å². The lowest BCUT2D eigenvalue weighted by molar-refractivity contribution is -0.0195. The smallest absolute Gasteiger partial charge is 0.218 e. The number of hydrogen-bond acceptors (Lipinski definition) is 4. The van der Waals surface area contributed by atoms with Crippen molar-refractivity contribution in [2.45, 2.75) is 13.2 Å². The largest absolute Gasteiger partial charge is 0.362 e. The third-order valence-corrected chi connectivity index (χ3v) is 2.80. The maximum absolute atomic E-state index is 10.9. The first-order valence-corrected chi connectivity index (χ1v) is 6.51. The van der Waals surface area contributed by atoms with Gasteiger partial charge in [-0.15, -0.1) is 0 Å².